The van der Waals surface area contributed by atoms with Crippen molar-refractivity contribution in [2.75, 3.05) is 4.90 Å². The first-order chi connectivity index (χ1) is 9.95. The third-order valence-electron chi connectivity index (χ3n) is 3.08. The average molecular weight is 261 g/mol. The molecular weight excluding hydrogens is 246 g/mol. The highest BCUT2D eigenvalue weighted by atomic mass is 15.1. The third kappa shape index (κ3) is 2.67. The van der Waals surface area contributed by atoms with Gasteiger partial charge in [0.1, 0.15) is 0 Å². The van der Waals surface area contributed by atoms with Crippen molar-refractivity contribution < 1.29 is 0 Å². The van der Waals surface area contributed by atoms with Gasteiger partial charge in [0, 0.05) is 41.9 Å². The summed E-state index contributed by atoms with van der Waals surface area (Å²) in [5.74, 6) is 0. The fourth-order valence-corrected chi connectivity index (χ4v) is 2.17. The summed E-state index contributed by atoms with van der Waals surface area (Å²) in [6.45, 7) is 0. The van der Waals surface area contributed by atoms with Crippen molar-refractivity contribution in [3.05, 3.63) is 85.1 Å². The smallest absolute Gasteiger partial charge is 0.0492 e. The number of hydrogen-bond acceptors (Lipinski definition) is 3. The predicted molar refractivity (Wildman–Crippen MR) is 81.6 cm³/mol. The zero-order valence-corrected chi connectivity index (χ0v) is 11.1. The van der Waals surface area contributed by atoms with Gasteiger partial charge in [-0.2, -0.15) is 0 Å². The minimum Gasteiger partial charge on any atom is -0.311 e. The van der Waals surface area contributed by atoms with E-state index in [9.17, 15) is 0 Å². The molecule has 0 saturated heterocycles. The van der Waals surface area contributed by atoms with Crippen LogP contribution in [-0.4, -0.2) is 9.97 Å². The van der Waals surface area contributed by atoms with Crippen LogP contribution in [0.4, 0.5) is 11.4 Å². The molecule has 1 aliphatic carbocycles. The topological polar surface area (TPSA) is 29.0 Å². The zero-order chi connectivity index (χ0) is 13.6. The Balaban J connectivity index is 2.07. The van der Waals surface area contributed by atoms with Gasteiger partial charge < -0.3 is 4.90 Å². The van der Waals surface area contributed by atoms with Crippen molar-refractivity contribution in [1.82, 2.24) is 9.97 Å². The molecule has 0 spiro atoms. The van der Waals surface area contributed by atoms with Gasteiger partial charge >= 0.3 is 0 Å². The van der Waals surface area contributed by atoms with Crippen molar-refractivity contribution in [2.24, 2.45) is 0 Å². The van der Waals surface area contributed by atoms with E-state index >= 15 is 0 Å². The first-order valence-electron chi connectivity index (χ1n) is 6.59. The van der Waals surface area contributed by atoms with E-state index in [2.05, 4.69) is 45.2 Å². The van der Waals surface area contributed by atoms with Crippen LogP contribution in [0.25, 0.3) is 0 Å². The molecule has 0 bridgehead atoms. The molecule has 0 N–H and O–H groups in total. The van der Waals surface area contributed by atoms with Gasteiger partial charge in [0.2, 0.25) is 0 Å². The van der Waals surface area contributed by atoms with E-state index in [0.717, 1.165) is 23.5 Å². The fraction of sp³-hybridized carbons (Fsp3) is 0.0588. The van der Waals surface area contributed by atoms with Crippen LogP contribution in [0.2, 0.25) is 0 Å². The van der Waals surface area contributed by atoms with Crippen LogP contribution in [0, 0.1) is 0 Å². The Morgan fingerprint density at radius 1 is 0.800 bits per heavy atom. The van der Waals surface area contributed by atoms with Crippen molar-refractivity contribution in [3.8, 4) is 0 Å². The van der Waals surface area contributed by atoms with E-state index in [1.54, 1.807) is 0 Å². The summed E-state index contributed by atoms with van der Waals surface area (Å²) in [6, 6.07) is 8.03. The minimum absolute atomic E-state index is 0.926. The lowest BCUT2D eigenvalue weighted by atomic mass is 10.2. The molecular formula is C17H15N3. The van der Waals surface area contributed by atoms with Crippen molar-refractivity contribution in [3.63, 3.8) is 0 Å². The largest absolute Gasteiger partial charge is 0.311 e. The number of aromatic nitrogens is 2. The maximum atomic E-state index is 4.10. The normalized spacial score (nSPS) is 13.7. The number of anilines is 2. The molecule has 0 fully saturated rings. The first-order valence-corrected chi connectivity index (χ1v) is 6.59. The number of rotatable bonds is 3. The molecule has 0 amide bonds. The summed E-state index contributed by atoms with van der Waals surface area (Å²) in [5.41, 5.74) is 3.32. The maximum Gasteiger partial charge on any atom is 0.0492 e. The molecule has 2 aromatic rings. The average Bonchev–Trinajstić information content (AvgIpc) is 2.79. The molecule has 3 nitrogen and oxygen atoms in total. The third-order valence-corrected chi connectivity index (χ3v) is 3.08. The van der Waals surface area contributed by atoms with E-state index in [1.165, 1.54) is 0 Å². The molecule has 0 radical (unpaired) electrons. The summed E-state index contributed by atoms with van der Waals surface area (Å²) in [7, 11) is 0. The Morgan fingerprint density at radius 3 is 2.00 bits per heavy atom. The van der Waals surface area contributed by atoms with Crippen LogP contribution >= 0.6 is 0 Å². The SMILES string of the molecule is C1=CCC=C(N(c2ccncc2)c2ccncc2)C=C1. The lowest BCUT2D eigenvalue weighted by Gasteiger charge is -2.25. The summed E-state index contributed by atoms with van der Waals surface area (Å²) in [4.78, 5) is 10.4. The van der Waals surface area contributed by atoms with Crippen molar-refractivity contribution in [1.29, 1.82) is 0 Å². The van der Waals surface area contributed by atoms with Crippen LogP contribution in [0.15, 0.2) is 85.1 Å². The molecule has 3 heteroatoms. The van der Waals surface area contributed by atoms with Crippen LogP contribution in [0.3, 0.4) is 0 Å². The maximum absolute atomic E-state index is 4.10. The number of allylic oxidation sites excluding steroid dienone is 5. The molecule has 0 unspecified atom stereocenters. The molecule has 1 aliphatic rings. The van der Waals surface area contributed by atoms with Crippen molar-refractivity contribution >= 4 is 11.4 Å². The van der Waals surface area contributed by atoms with E-state index in [-0.39, 0.29) is 0 Å². The van der Waals surface area contributed by atoms with Gasteiger partial charge in [-0.25, -0.2) is 0 Å². The first kappa shape index (κ1) is 12.4. The summed E-state index contributed by atoms with van der Waals surface area (Å²) in [5, 5.41) is 0. The highest BCUT2D eigenvalue weighted by Gasteiger charge is 2.12. The standard InChI is InChI=1S/C17H15N3/c1-2-4-6-15(5-3-1)20(16-7-11-18-12-8-16)17-9-13-19-14-10-17/h1-3,5-14H,4H2. The highest BCUT2D eigenvalue weighted by molar-refractivity contribution is 5.69. The van der Waals surface area contributed by atoms with E-state index < -0.39 is 0 Å². The van der Waals surface area contributed by atoms with Crippen LogP contribution in [-0.2, 0) is 0 Å². The molecule has 0 aliphatic heterocycles. The second-order valence-electron chi connectivity index (χ2n) is 4.40. The fourth-order valence-electron chi connectivity index (χ4n) is 2.17. The van der Waals surface area contributed by atoms with Gasteiger partial charge in [0.15, 0.2) is 0 Å². The molecule has 2 heterocycles. The zero-order valence-electron chi connectivity index (χ0n) is 11.1. The van der Waals surface area contributed by atoms with Crippen LogP contribution < -0.4 is 4.90 Å². The summed E-state index contributed by atoms with van der Waals surface area (Å²) in [6.07, 6.45) is 18.8. The molecule has 0 aromatic carbocycles. The monoisotopic (exact) mass is 261 g/mol. The Bertz CT molecular complexity index is 603. The van der Waals surface area contributed by atoms with E-state index in [1.807, 2.05) is 49.1 Å². The van der Waals surface area contributed by atoms with Gasteiger partial charge in [-0.15, -0.1) is 0 Å². The molecule has 0 saturated carbocycles. The van der Waals surface area contributed by atoms with Crippen LogP contribution in [0.5, 0.6) is 0 Å². The molecule has 2 aromatic heterocycles. The number of nitrogens with zero attached hydrogens (tertiary/aromatic N) is 3. The van der Waals surface area contributed by atoms with Crippen molar-refractivity contribution in [2.45, 2.75) is 6.42 Å². The van der Waals surface area contributed by atoms with E-state index in [0.29, 0.717) is 0 Å². The molecule has 0 atom stereocenters. The Labute approximate surface area is 118 Å². The Hall–Kier alpha value is -2.68. The van der Waals surface area contributed by atoms with Gasteiger partial charge in [0.25, 0.3) is 0 Å². The lowest BCUT2D eigenvalue weighted by molar-refractivity contribution is 1.16. The van der Waals surface area contributed by atoms with Crippen LogP contribution in [0.1, 0.15) is 6.42 Å². The predicted octanol–water partition coefficient (Wildman–Crippen LogP) is 4.01. The summed E-state index contributed by atoms with van der Waals surface area (Å²) >= 11 is 0. The lowest BCUT2D eigenvalue weighted by Crippen LogP contribution is -2.15. The minimum atomic E-state index is 0.926. The molecule has 3 rings (SSSR count). The van der Waals surface area contributed by atoms with Gasteiger partial charge in [-0.05, 0) is 36.8 Å². The van der Waals surface area contributed by atoms with Gasteiger partial charge in [0.05, 0.1) is 0 Å². The Morgan fingerprint density at radius 2 is 1.40 bits per heavy atom. The number of hydrogen-bond donors (Lipinski definition) is 0. The molecule has 98 valence electrons. The second-order valence-corrected chi connectivity index (χ2v) is 4.40. The number of pyridine rings is 2. The van der Waals surface area contributed by atoms with Gasteiger partial charge in [-0.3, -0.25) is 9.97 Å². The quantitative estimate of drug-likeness (QED) is 0.835. The van der Waals surface area contributed by atoms with Gasteiger partial charge in [-0.1, -0.05) is 24.3 Å². The van der Waals surface area contributed by atoms with E-state index in [4.69, 9.17) is 0 Å². The summed E-state index contributed by atoms with van der Waals surface area (Å²) < 4.78 is 0. The Kier molecular flexibility index (Phi) is 3.69. The molecule has 20 heavy (non-hydrogen) atoms. The highest BCUT2D eigenvalue weighted by Crippen LogP contribution is 2.30. The second kappa shape index (κ2) is 5.97.